The molecule has 3 rings (SSSR count). The van der Waals surface area contributed by atoms with Gasteiger partial charge in [0.25, 0.3) is 5.91 Å². The van der Waals surface area contributed by atoms with Gasteiger partial charge in [0.1, 0.15) is 9.88 Å². The van der Waals surface area contributed by atoms with Crippen LogP contribution in [0.15, 0.2) is 54.7 Å². The second-order valence-corrected chi connectivity index (χ2v) is 7.42. The van der Waals surface area contributed by atoms with Gasteiger partial charge in [-0.3, -0.25) is 9.78 Å². The zero-order chi connectivity index (χ0) is 20.1. The number of aryl methyl sites for hydroxylation is 1. The number of carbonyl (C=O) groups excluding carboxylic acids is 2. The lowest BCUT2D eigenvalue weighted by Crippen LogP contribution is -2.39. The molecule has 0 radical (unpaired) electrons. The molecule has 6 nitrogen and oxygen atoms in total. The monoisotopic (exact) mass is 395 g/mol. The predicted molar refractivity (Wildman–Crippen MR) is 109 cm³/mol. The van der Waals surface area contributed by atoms with Crippen LogP contribution in [0.5, 0.6) is 0 Å². The summed E-state index contributed by atoms with van der Waals surface area (Å²) in [7, 11) is 0. The molecule has 1 amide bonds. The first-order valence-electron chi connectivity index (χ1n) is 8.90. The summed E-state index contributed by atoms with van der Waals surface area (Å²) in [5.74, 6) is -0.830. The summed E-state index contributed by atoms with van der Waals surface area (Å²) in [6.07, 6.45) is 1.67. The van der Waals surface area contributed by atoms with Crippen LogP contribution in [0.1, 0.15) is 29.2 Å². The highest BCUT2D eigenvalue weighted by molar-refractivity contribution is 7.17. The molecule has 0 saturated carbocycles. The third kappa shape index (κ3) is 4.43. The van der Waals surface area contributed by atoms with E-state index in [1.54, 1.807) is 18.0 Å². The molecular formula is C21H21N3O3S. The Balaban J connectivity index is 1.70. The predicted octanol–water partition coefficient (Wildman–Crippen LogP) is 4.11. The first kappa shape index (κ1) is 19.7. The van der Waals surface area contributed by atoms with Gasteiger partial charge in [0.05, 0.1) is 11.4 Å². The fourth-order valence-corrected chi connectivity index (χ4v) is 3.70. The highest BCUT2D eigenvalue weighted by atomic mass is 32.1. The van der Waals surface area contributed by atoms with Crippen molar-refractivity contribution in [1.29, 1.82) is 0 Å². The molecule has 144 valence electrons. The first-order chi connectivity index (χ1) is 13.5. The second kappa shape index (κ2) is 8.75. The third-order valence-corrected chi connectivity index (χ3v) is 5.17. The molecule has 3 aromatic rings. The summed E-state index contributed by atoms with van der Waals surface area (Å²) in [5.41, 5.74) is 2.03. The van der Waals surface area contributed by atoms with Crippen LogP contribution >= 0.6 is 11.3 Å². The Morgan fingerprint density at radius 2 is 1.82 bits per heavy atom. The number of ether oxygens (including phenoxy) is 1. The Hall–Kier alpha value is -3.06. The van der Waals surface area contributed by atoms with Crippen molar-refractivity contribution in [3.63, 3.8) is 0 Å². The molecule has 28 heavy (non-hydrogen) atoms. The van der Waals surface area contributed by atoms with Gasteiger partial charge >= 0.3 is 5.97 Å². The quantitative estimate of drug-likeness (QED) is 0.587. The van der Waals surface area contributed by atoms with Crippen molar-refractivity contribution in [3.8, 4) is 10.7 Å². The highest BCUT2D eigenvalue weighted by Crippen LogP contribution is 2.27. The lowest BCUT2D eigenvalue weighted by molar-refractivity contribution is -0.122. The minimum atomic E-state index is -0.553. The molecule has 0 aliphatic rings. The van der Waals surface area contributed by atoms with E-state index in [0.29, 0.717) is 21.3 Å². The van der Waals surface area contributed by atoms with E-state index in [4.69, 9.17) is 4.74 Å². The maximum atomic E-state index is 12.7. The molecular weight excluding hydrogens is 374 g/mol. The van der Waals surface area contributed by atoms with Crippen molar-refractivity contribution >= 4 is 28.9 Å². The zero-order valence-electron chi connectivity index (χ0n) is 16.0. The lowest BCUT2D eigenvalue weighted by Gasteiger charge is -2.26. The van der Waals surface area contributed by atoms with E-state index >= 15 is 0 Å². The Labute approximate surface area is 167 Å². The van der Waals surface area contributed by atoms with Crippen molar-refractivity contribution in [3.05, 3.63) is 65.3 Å². The number of hydrogen-bond acceptors (Lipinski definition) is 6. The van der Waals surface area contributed by atoms with E-state index in [1.165, 1.54) is 11.3 Å². The van der Waals surface area contributed by atoms with Gasteiger partial charge in [0.2, 0.25) is 0 Å². The molecule has 0 aliphatic heterocycles. The van der Waals surface area contributed by atoms with Crippen LogP contribution < -0.4 is 4.90 Å². The molecule has 0 N–H and O–H groups in total. The number of hydrogen-bond donors (Lipinski definition) is 0. The Morgan fingerprint density at radius 1 is 1.11 bits per heavy atom. The Bertz CT molecular complexity index is 956. The number of anilines is 1. The minimum Gasteiger partial charge on any atom is -0.451 e. The highest BCUT2D eigenvalue weighted by Gasteiger charge is 2.23. The third-order valence-electron chi connectivity index (χ3n) is 4.01. The molecule has 0 unspecified atom stereocenters. The van der Waals surface area contributed by atoms with Crippen molar-refractivity contribution in [2.24, 2.45) is 0 Å². The van der Waals surface area contributed by atoms with Gasteiger partial charge in [-0.2, -0.15) is 0 Å². The van der Waals surface area contributed by atoms with Crippen molar-refractivity contribution < 1.29 is 14.3 Å². The molecule has 0 atom stereocenters. The number of amides is 1. The van der Waals surface area contributed by atoms with Gasteiger partial charge < -0.3 is 9.64 Å². The molecule has 0 aliphatic carbocycles. The number of aromatic nitrogens is 2. The SMILES string of the molecule is Cc1nc(-c2ccccn2)sc1C(=O)OCC(=O)N(c1ccccc1)C(C)C. The largest absolute Gasteiger partial charge is 0.451 e. The molecule has 2 aromatic heterocycles. The van der Waals surface area contributed by atoms with Crippen LogP contribution in [0.2, 0.25) is 0 Å². The number of para-hydroxylation sites is 1. The van der Waals surface area contributed by atoms with E-state index in [2.05, 4.69) is 9.97 Å². The molecule has 0 fully saturated rings. The minimum absolute atomic E-state index is 0.0606. The van der Waals surface area contributed by atoms with E-state index in [9.17, 15) is 9.59 Å². The van der Waals surface area contributed by atoms with Crippen LogP contribution in [-0.4, -0.2) is 34.5 Å². The average molecular weight is 395 g/mol. The van der Waals surface area contributed by atoms with Gasteiger partial charge in [0.15, 0.2) is 6.61 Å². The van der Waals surface area contributed by atoms with E-state index in [0.717, 1.165) is 5.69 Å². The first-order valence-corrected chi connectivity index (χ1v) is 9.72. The second-order valence-electron chi connectivity index (χ2n) is 6.42. The van der Waals surface area contributed by atoms with E-state index in [1.807, 2.05) is 62.4 Å². The maximum absolute atomic E-state index is 12.7. The van der Waals surface area contributed by atoms with Crippen molar-refractivity contribution in [2.45, 2.75) is 26.8 Å². The summed E-state index contributed by atoms with van der Waals surface area (Å²) in [4.78, 5) is 35.8. The maximum Gasteiger partial charge on any atom is 0.350 e. The Kier molecular flexibility index (Phi) is 6.16. The average Bonchev–Trinajstić information content (AvgIpc) is 3.09. The van der Waals surface area contributed by atoms with E-state index in [-0.39, 0.29) is 18.6 Å². The van der Waals surface area contributed by atoms with Gasteiger partial charge in [-0.1, -0.05) is 24.3 Å². The van der Waals surface area contributed by atoms with Crippen LogP contribution in [0.25, 0.3) is 10.7 Å². The molecule has 2 heterocycles. The lowest BCUT2D eigenvalue weighted by atomic mass is 10.2. The smallest absolute Gasteiger partial charge is 0.350 e. The van der Waals surface area contributed by atoms with Crippen molar-refractivity contribution in [1.82, 2.24) is 9.97 Å². The number of nitrogens with zero attached hydrogens (tertiary/aromatic N) is 3. The van der Waals surface area contributed by atoms with Crippen LogP contribution in [0.3, 0.4) is 0 Å². The number of pyridine rings is 1. The zero-order valence-corrected chi connectivity index (χ0v) is 16.8. The van der Waals surface area contributed by atoms with E-state index < -0.39 is 5.97 Å². The normalized spacial score (nSPS) is 10.7. The molecule has 1 aromatic carbocycles. The van der Waals surface area contributed by atoms with Crippen molar-refractivity contribution in [2.75, 3.05) is 11.5 Å². The molecule has 0 bridgehead atoms. The van der Waals surface area contributed by atoms with Crippen LogP contribution in [-0.2, 0) is 9.53 Å². The van der Waals surface area contributed by atoms with Crippen LogP contribution in [0, 0.1) is 6.92 Å². The summed E-state index contributed by atoms with van der Waals surface area (Å²) in [6, 6.07) is 14.8. The molecule has 0 spiro atoms. The number of carbonyl (C=O) groups is 2. The number of benzene rings is 1. The fourth-order valence-electron chi connectivity index (χ4n) is 2.77. The fraction of sp³-hybridized carbons (Fsp3) is 0.238. The van der Waals surface area contributed by atoms with Gasteiger partial charge in [-0.15, -0.1) is 11.3 Å². The standard InChI is InChI=1S/C21H21N3O3S/c1-14(2)24(16-9-5-4-6-10-16)18(25)13-27-21(26)19-15(3)23-20(28-19)17-11-7-8-12-22-17/h4-12,14H,13H2,1-3H3. The van der Waals surface area contributed by atoms with Gasteiger partial charge in [-0.25, -0.2) is 9.78 Å². The summed E-state index contributed by atoms with van der Waals surface area (Å²) in [5, 5.41) is 0.643. The topological polar surface area (TPSA) is 72.4 Å². The number of esters is 1. The number of rotatable bonds is 6. The summed E-state index contributed by atoms with van der Waals surface area (Å²) < 4.78 is 5.29. The van der Waals surface area contributed by atoms with Crippen LogP contribution in [0.4, 0.5) is 5.69 Å². The molecule has 0 saturated heterocycles. The number of thiazole rings is 1. The summed E-state index contributed by atoms with van der Waals surface area (Å²) >= 11 is 1.21. The van der Waals surface area contributed by atoms with Gasteiger partial charge in [-0.05, 0) is 45.0 Å². The summed E-state index contributed by atoms with van der Waals surface area (Å²) in [6.45, 7) is 5.24. The molecule has 7 heteroatoms. The Morgan fingerprint density at radius 3 is 2.46 bits per heavy atom. The van der Waals surface area contributed by atoms with Gasteiger partial charge in [0, 0.05) is 17.9 Å².